The van der Waals surface area contributed by atoms with Crippen molar-refractivity contribution < 1.29 is 9.18 Å². The summed E-state index contributed by atoms with van der Waals surface area (Å²) in [6.07, 6.45) is 0. The lowest BCUT2D eigenvalue weighted by molar-refractivity contribution is -0.119. The molecule has 0 saturated carbocycles. The van der Waals surface area contributed by atoms with E-state index in [9.17, 15) is 14.4 Å². The Morgan fingerprint density at radius 1 is 1.30 bits per heavy atom. The van der Waals surface area contributed by atoms with E-state index in [1.807, 2.05) is 6.07 Å². The second-order valence-corrected chi connectivity index (χ2v) is 6.69. The predicted octanol–water partition coefficient (Wildman–Crippen LogP) is 2.02. The van der Waals surface area contributed by atoms with Gasteiger partial charge in [0, 0.05) is 11.6 Å². The van der Waals surface area contributed by atoms with E-state index in [4.69, 9.17) is 0 Å². The number of hydrogen-bond donors (Lipinski definition) is 1. The Labute approximate surface area is 153 Å². The number of rotatable bonds is 3. The lowest BCUT2D eigenvalue weighted by Crippen LogP contribution is -2.27. The van der Waals surface area contributed by atoms with Crippen molar-refractivity contribution in [1.29, 1.82) is 5.26 Å². The maximum absolute atomic E-state index is 13.9. The van der Waals surface area contributed by atoms with Gasteiger partial charge in [-0.25, -0.2) is 14.1 Å². The maximum Gasteiger partial charge on any atom is 0.237 e. The minimum Gasteiger partial charge on any atom is -0.308 e. The summed E-state index contributed by atoms with van der Waals surface area (Å²) in [4.78, 5) is 16.3. The van der Waals surface area contributed by atoms with Gasteiger partial charge in [0.05, 0.1) is 12.0 Å². The topological polar surface area (TPSA) is 109 Å². The summed E-state index contributed by atoms with van der Waals surface area (Å²) in [6.45, 7) is 3.57. The second kappa shape index (κ2) is 5.95. The second-order valence-electron chi connectivity index (χ2n) is 6.69. The summed E-state index contributed by atoms with van der Waals surface area (Å²) in [6, 6.07) is 9.83. The third-order valence-corrected chi connectivity index (χ3v) is 4.48. The van der Waals surface area contributed by atoms with Gasteiger partial charge in [0.25, 0.3) is 0 Å². The zero-order valence-electron chi connectivity index (χ0n) is 14.6. The zero-order chi connectivity index (χ0) is 19.2. The van der Waals surface area contributed by atoms with Crippen LogP contribution in [0.5, 0.6) is 0 Å². The van der Waals surface area contributed by atoms with Crippen LogP contribution in [0.15, 0.2) is 30.3 Å². The zero-order valence-corrected chi connectivity index (χ0v) is 14.6. The molecule has 0 fully saturated rings. The molecule has 1 amide bonds. The molecule has 0 saturated heterocycles. The van der Waals surface area contributed by atoms with Gasteiger partial charge in [0.2, 0.25) is 11.7 Å². The Kier molecular flexibility index (Phi) is 3.70. The lowest BCUT2D eigenvalue weighted by Gasteiger charge is -2.11. The average Bonchev–Trinajstić information content (AvgIpc) is 3.15. The van der Waals surface area contributed by atoms with Crippen LogP contribution in [-0.4, -0.2) is 30.9 Å². The highest BCUT2D eigenvalue weighted by Crippen LogP contribution is 2.34. The van der Waals surface area contributed by atoms with E-state index in [1.54, 1.807) is 32.0 Å². The number of hydrogen-bond acceptors (Lipinski definition) is 6. The van der Waals surface area contributed by atoms with Crippen LogP contribution in [0, 0.1) is 17.1 Å². The molecule has 1 aromatic carbocycles. The molecular weight excluding hydrogens is 349 g/mol. The fraction of sp³-hybridized carbons (Fsp3) is 0.222. The number of fused-ring (bicyclic) bond motifs is 1. The summed E-state index contributed by atoms with van der Waals surface area (Å²) < 4.78 is 15.3. The van der Waals surface area contributed by atoms with Crippen molar-refractivity contribution in [3.05, 3.63) is 53.1 Å². The van der Waals surface area contributed by atoms with Gasteiger partial charge in [-0.15, -0.1) is 10.2 Å². The first kappa shape index (κ1) is 16.8. The van der Waals surface area contributed by atoms with Gasteiger partial charge >= 0.3 is 0 Å². The molecule has 0 atom stereocenters. The number of halogens is 1. The van der Waals surface area contributed by atoms with Gasteiger partial charge in [-0.1, -0.05) is 18.2 Å². The fourth-order valence-corrected chi connectivity index (χ4v) is 2.84. The number of amides is 1. The number of aromatic nitrogens is 5. The van der Waals surface area contributed by atoms with E-state index in [0.29, 0.717) is 22.8 Å². The number of carbonyl (C=O) groups excluding carboxylic acids is 1. The summed E-state index contributed by atoms with van der Waals surface area (Å²) >= 11 is 0. The van der Waals surface area contributed by atoms with Crippen LogP contribution in [-0.2, 0) is 16.8 Å². The van der Waals surface area contributed by atoms with Crippen LogP contribution in [0.2, 0.25) is 0 Å². The first-order valence-corrected chi connectivity index (χ1v) is 8.18. The molecule has 0 unspecified atom stereocenters. The van der Waals surface area contributed by atoms with Crippen molar-refractivity contribution >= 4 is 11.7 Å². The Bertz CT molecular complexity index is 1110. The summed E-state index contributed by atoms with van der Waals surface area (Å²) in [5.74, 6) is -0.0780. The normalized spacial score (nSPS) is 14.5. The molecule has 27 heavy (non-hydrogen) atoms. The molecule has 2 aromatic heterocycles. The molecule has 1 N–H and O–H groups in total. The molecule has 0 radical (unpaired) electrons. The summed E-state index contributed by atoms with van der Waals surface area (Å²) in [7, 11) is 0. The molecule has 3 aromatic rings. The van der Waals surface area contributed by atoms with Crippen molar-refractivity contribution in [3.63, 3.8) is 0 Å². The van der Waals surface area contributed by atoms with Crippen LogP contribution in [0.3, 0.4) is 0 Å². The van der Waals surface area contributed by atoms with Crippen molar-refractivity contribution in [2.75, 3.05) is 5.32 Å². The molecular formula is C18H14FN7O. The van der Waals surface area contributed by atoms with Crippen molar-refractivity contribution in [2.24, 2.45) is 0 Å². The van der Waals surface area contributed by atoms with E-state index in [1.165, 1.54) is 16.8 Å². The van der Waals surface area contributed by atoms with E-state index in [0.717, 1.165) is 0 Å². The SMILES string of the molecule is CC1(C)C(=O)Nc2nc(-c3cc(C#N)n(Cc4ccccc4F)n3)nnc21. The van der Waals surface area contributed by atoms with Gasteiger partial charge < -0.3 is 5.32 Å². The van der Waals surface area contributed by atoms with Gasteiger partial charge in [0.1, 0.15) is 29.0 Å². The molecule has 9 heteroatoms. The van der Waals surface area contributed by atoms with Crippen molar-refractivity contribution in [2.45, 2.75) is 25.8 Å². The summed E-state index contributed by atoms with van der Waals surface area (Å²) in [5.41, 5.74) is 0.614. The number of benzene rings is 1. The van der Waals surface area contributed by atoms with Crippen LogP contribution >= 0.6 is 0 Å². The monoisotopic (exact) mass is 363 g/mol. The minimum atomic E-state index is -0.810. The highest BCUT2D eigenvalue weighted by molar-refractivity contribution is 6.03. The molecule has 1 aliphatic heterocycles. The van der Waals surface area contributed by atoms with Crippen molar-refractivity contribution in [1.82, 2.24) is 25.0 Å². The molecule has 134 valence electrons. The Morgan fingerprint density at radius 3 is 2.81 bits per heavy atom. The third kappa shape index (κ3) is 2.71. The minimum absolute atomic E-state index is 0.0949. The maximum atomic E-state index is 13.9. The number of nitriles is 1. The number of nitrogens with zero attached hydrogens (tertiary/aromatic N) is 6. The van der Waals surface area contributed by atoms with E-state index in [-0.39, 0.29) is 29.8 Å². The number of nitrogens with one attached hydrogen (secondary N) is 1. The van der Waals surface area contributed by atoms with E-state index >= 15 is 0 Å². The molecule has 0 spiro atoms. The quantitative estimate of drug-likeness (QED) is 0.762. The highest BCUT2D eigenvalue weighted by Gasteiger charge is 2.41. The Balaban J connectivity index is 1.72. The molecule has 4 rings (SSSR count). The fourth-order valence-electron chi connectivity index (χ4n) is 2.84. The molecule has 0 aliphatic carbocycles. The largest absolute Gasteiger partial charge is 0.308 e. The average molecular weight is 363 g/mol. The van der Waals surface area contributed by atoms with E-state index < -0.39 is 5.41 Å². The first-order chi connectivity index (χ1) is 12.9. The lowest BCUT2D eigenvalue weighted by atomic mass is 9.91. The Hall–Kier alpha value is -3.67. The van der Waals surface area contributed by atoms with Gasteiger partial charge in [-0.05, 0) is 19.9 Å². The van der Waals surface area contributed by atoms with Gasteiger partial charge in [0.15, 0.2) is 5.82 Å². The molecule has 3 heterocycles. The molecule has 8 nitrogen and oxygen atoms in total. The standard InChI is InChI=1S/C18H14FN7O/c1-18(2)14-16(22-17(18)27)21-15(24-23-14)13-7-11(8-20)26(25-13)9-10-5-3-4-6-12(10)19/h3-7H,9H2,1-2H3,(H,21,22,24,27). The number of anilines is 1. The predicted molar refractivity (Wildman–Crippen MR) is 92.9 cm³/mol. The van der Waals surface area contributed by atoms with Crippen LogP contribution in [0.4, 0.5) is 10.2 Å². The first-order valence-electron chi connectivity index (χ1n) is 8.18. The third-order valence-electron chi connectivity index (χ3n) is 4.48. The number of carbonyl (C=O) groups is 1. The van der Waals surface area contributed by atoms with E-state index in [2.05, 4.69) is 25.6 Å². The smallest absolute Gasteiger partial charge is 0.237 e. The van der Waals surface area contributed by atoms with Gasteiger partial charge in [-0.3, -0.25) is 4.79 Å². The van der Waals surface area contributed by atoms with Crippen LogP contribution < -0.4 is 5.32 Å². The Morgan fingerprint density at radius 2 is 2.07 bits per heavy atom. The van der Waals surface area contributed by atoms with Gasteiger partial charge in [-0.2, -0.15) is 10.4 Å². The van der Waals surface area contributed by atoms with Crippen LogP contribution in [0.1, 0.15) is 30.8 Å². The molecule has 1 aliphatic rings. The van der Waals surface area contributed by atoms with Crippen LogP contribution in [0.25, 0.3) is 11.5 Å². The van der Waals surface area contributed by atoms with Crippen molar-refractivity contribution in [3.8, 4) is 17.6 Å². The summed E-state index contributed by atoms with van der Waals surface area (Å²) in [5, 5.41) is 24.5. The highest BCUT2D eigenvalue weighted by atomic mass is 19.1. The molecule has 0 bridgehead atoms.